The van der Waals surface area contributed by atoms with Gasteiger partial charge in [0.2, 0.25) is 11.8 Å². The molecule has 0 bridgehead atoms. The highest BCUT2D eigenvalue weighted by Gasteiger charge is 2.56. The molecule has 34 heavy (non-hydrogen) atoms. The number of hydrogen-bond acceptors (Lipinski definition) is 6. The summed E-state index contributed by atoms with van der Waals surface area (Å²) in [5.74, 6) is -1.93. The highest BCUT2D eigenvalue weighted by molar-refractivity contribution is 8.01. The molecule has 10 heteroatoms. The fourth-order valence-corrected chi connectivity index (χ4v) is 5.89. The number of Topliss-reactive ketones (excluding diaryl/α,β-unsaturated/α-hetero) is 1. The van der Waals surface area contributed by atoms with Gasteiger partial charge in [0.25, 0.3) is 0 Å². The Kier molecular flexibility index (Phi) is 7.02. The monoisotopic (exact) mass is 518 g/mol. The summed E-state index contributed by atoms with van der Waals surface area (Å²) in [5.41, 5.74) is 0.794. The second-order valence-corrected chi connectivity index (χ2v) is 9.86. The quantitative estimate of drug-likeness (QED) is 0.335. The van der Waals surface area contributed by atoms with E-state index < -0.39 is 28.6 Å². The molecule has 2 heterocycles. The second-order valence-electron chi connectivity index (χ2n) is 7.66. The maximum Gasteiger partial charge on any atom is 0.356 e. The number of carbonyl (C=O) groups is 4. The average molecular weight is 519 g/mol. The van der Waals surface area contributed by atoms with Gasteiger partial charge >= 0.3 is 5.97 Å². The highest BCUT2D eigenvalue weighted by Crippen LogP contribution is 2.55. The van der Waals surface area contributed by atoms with Crippen molar-refractivity contribution in [1.82, 2.24) is 10.2 Å². The van der Waals surface area contributed by atoms with Crippen LogP contribution in [0, 0.1) is 0 Å². The Labute approximate surface area is 210 Å². The Morgan fingerprint density at radius 2 is 1.79 bits per heavy atom. The Hall–Kier alpha value is -2.81. The van der Waals surface area contributed by atoms with Gasteiger partial charge in [-0.25, -0.2) is 4.79 Å². The molecule has 4 rings (SSSR count). The van der Waals surface area contributed by atoms with Crippen molar-refractivity contribution in [3.63, 3.8) is 0 Å². The summed E-state index contributed by atoms with van der Waals surface area (Å²) >= 11 is 13.9. The van der Waals surface area contributed by atoms with Gasteiger partial charge in [0.05, 0.1) is 16.8 Å². The van der Waals surface area contributed by atoms with Gasteiger partial charge in [-0.15, -0.1) is 0 Å². The van der Waals surface area contributed by atoms with E-state index in [0.29, 0.717) is 16.1 Å². The Morgan fingerprint density at radius 1 is 1.12 bits per heavy atom. The molecule has 1 unspecified atom stereocenters. The molecule has 1 saturated heterocycles. The number of halogens is 2. The third kappa shape index (κ3) is 4.45. The smallest absolute Gasteiger partial charge is 0.356 e. The second kappa shape index (κ2) is 9.82. The number of nitrogens with one attached hydrogen (secondary N) is 1. The van der Waals surface area contributed by atoms with E-state index in [4.69, 9.17) is 27.9 Å². The van der Waals surface area contributed by atoms with Crippen molar-refractivity contribution in [3.8, 4) is 0 Å². The van der Waals surface area contributed by atoms with E-state index in [1.54, 1.807) is 43.3 Å². The van der Waals surface area contributed by atoms with E-state index in [9.17, 15) is 19.2 Å². The first-order valence-corrected chi connectivity index (χ1v) is 12.1. The number of ketones is 1. The van der Waals surface area contributed by atoms with Crippen LogP contribution in [0.5, 0.6) is 0 Å². The lowest BCUT2D eigenvalue weighted by Gasteiger charge is -2.50. The summed E-state index contributed by atoms with van der Waals surface area (Å²) in [6.45, 7) is 1.16. The predicted octanol–water partition coefficient (Wildman–Crippen LogP) is 4.20. The molecular weight excluding hydrogens is 499 g/mol. The van der Waals surface area contributed by atoms with Crippen molar-refractivity contribution in [1.29, 1.82) is 0 Å². The summed E-state index contributed by atoms with van der Waals surface area (Å²) in [6.07, 6.45) is 0.369. The lowest BCUT2D eigenvalue weighted by atomic mass is 10.0. The SMILES string of the molecule is CCC(=O)NC1(c2ccccc2)S[C@H]2CC(=O)N2C(C(=O)OCC(=O)c2ccc(Cl)cc2)=C1Cl. The molecule has 2 aliphatic heterocycles. The van der Waals surface area contributed by atoms with E-state index in [2.05, 4.69) is 5.32 Å². The third-order valence-electron chi connectivity index (χ3n) is 5.49. The molecule has 2 aliphatic rings. The average Bonchev–Trinajstić information content (AvgIpc) is 2.84. The van der Waals surface area contributed by atoms with Crippen LogP contribution in [0.4, 0.5) is 0 Å². The van der Waals surface area contributed by atoms with Crippen LogP contribution < -0.4 is 5.32 Å². The van der Waals surface area contributed by atoms with Crippen LogP contribution in [0.1, 0.15) is 35.7 Å². The zero-order valence-corrected chi connectivity index (χ0v) is 20.4. The number of amides is 2. The number of esters is 1. The molecule has 2 aromatic carbocycles. The van der Waals surface area contributed by atoms with Crippen LogP contribution in [-0.2, 0) is 24.0 Å². The normalized spacial score (nSPS) is 21.4. The molecule has 0 spiro atoms. The topological polar surface area (TPSA) is 92.8 Å². The van der Waals surface area contributed by atoms with Crippen molar-refractivity contribution < 1.29 is 23.9 Å². The first-order chi connectivity index (χ1) is 16.3. The number of benzene rings is 2. The largest absolute Gasteiger partial charge is 0.453 e. The summed E-state index contributed by atoms with van der Waals surface area (Å²) in [5, 5.41) is 2.92. The minimum atomic E-state index is -1.29. The van der Waals surface area contributed by atoms with Crippen molar-refractivity contribution in [2.75, 3.05) is 6.61 Å². The maximum atomic E-state index is 13.2. The number of hydrogen-bond donors (Lipinski definition) is 1. The minimum absolute atomic E-state index is 0.0567. The van der Waals surface area contributed by atoms with Crippen molar-refractivity contribution in [2.24, 2.45) is 0 Å². The van der Waals surface area contributed by atoms with E-state index in [0.717, 1.165) is 0 Å². The lowest BCUT2D eigenvalue weighted by molar-refractivity contribution is -0.148. The first kappa shape index (κ1) is 24.3. The molecule has 2 amide bonds. The number of nitrogens with zero attached hydrogens (tertiary/aromatic N) is 1. The number of ether oxygens (including phenoxy) is 1. The predicted molar refractivity (Wildman–Crippen MR) is 129 cm³/mol. The maximum absolute atomic E-state index is 13.2. The molecule has 1 fully saturated rings. The molecule has 1 N–H and O–H groups in total. The van der Waals surface area contributed by atoms with Crippen LogP contribution >= 0.6 is 35.0 Å². The molecule has 0 saturated carbocycles. The molecule has 2 atom stereocenters. The zero-order chi connectivity index (χ0) is 24.5. The van der Waals surface area contributed by atoms with E-state index in [1.807, 2.05) is 6.07 Å². The van der Waals surface area contributed by atoms with Crippen molar-refractivity contribution >= 4 is 58.5 Å². The van der Waals surface area contributed by atoms with Crippen LogP contribution in [0.3, 0.4) is 0 Å². The van der Waals surface area contributed by atoms with Gasteiger partial charge in [0, 0.05) is 17.0 Å². The zero-order valence-electron chi connectivity index (χ0n) is 18.0. The van der Waals surface area contributed by atoms with Gasteiger partial charge in [0.1, 0.15) is 5.70 Å². The van der Waals surface area contributed by atoms with Crippen LogP contribution in [-0.4, -0.2) is 40.4 Å². The Balaban J connectivity index is 1.69. The lowest BCUT2D eigenvalue weighted by Crippen LogP contribution is -2.60. The van der Waals surface area contributed by atoms with Crippen molar-refractivity contribution in [2.45, 2.75) is 30.0 Å². The molecule has 176 valence electrons. The first-order valence-electron chi connectivity index (χ1n) is 10.5. The summed E-state index contributed by atoms with van der Waals surface area (Å²) in [4.78, 5) is 50.5. The van der Waals surface area contributed by atoms with Gasteiger partial charge < -0.3 is 10.1 Å². The summed E-state index contributed by atoms with van der Waals surface area (Å²) < 4.78 is 5.28. The molecular formula is C24H20Cl2N2O5S. The summed E-state index contributed by atoms with van der Waals surface area (Å²) in [6, 6.07) is 15.1. The van der Waals surface area contributed by atoms with Gasteiger partial charge in [-0.3, -0.25) is 19.3 Å². The van der Waals surface area contributed by atoms with E-state index in [-0.39, 0.29) is 35.4 Å². The number of thioether (sulfide) groups is 1. The third-order valence-corrected chi connectivity index (χ3v) is 7.86. The van der Waals surface area contributed by atoms with Crippen LogP contribution in [0.25, 0.3) is 0 Å². The van der Waals surface area contributed by atoms with Crippen LogP contribution in [0.2, 0.25) is 5.02 Å². The number of fused-ring (bicyclic) bond motifs is 1. The van der Waals surface area contributed by atoms with Gasteiger partial charge in [-0.1, -0.05) is 72.2 Å². The standard InChI is InChI=1S/C24H20Cl2N2O5S/c1-2-18(30)27-24(15-6-4-3-5-7-15)22(26)21(28-19(31)12-20(28)34-24)23(32)33-13-17(29)14-8-10-16(25)11-9-14/h3-11,20H,2,12-13H2,1H3,(H,27,30)/t20-,24?/m0/s1. The molecule has 0 aromatic heterocycles. The fourth-order valence-electron chi connectivity index (χ4n) is 3.69. The number of rotatable bonds is 7. The molecule has 2 aromatic rings. The molecule has 0 aliphatic carbocycles. The van der Waals surface area contributed by atoms with Crippen molar-refractivity contribution in [3.05, 3.63) is 81.5 Å². The number of carbonyl (C=O) groups excluding carboxylic acids is 4. The van der Waals surface area contributed by atoms with Crippen LogP contribution in [0.15, 0.2) is 65.3 Å². The Bertz CT molecular complexity index is 1190. The fraction of sp³-hybridized carbons (Fsp3) is 0.250. The van der Waals surface area contributed by atoms with E-state index in [1.165, 1.54) is 28.8 Å². The van der Waals surface area contributed by atoms with Gasteiger partial charge in [-0.05, 0) is 29.8 Å². The van der Waals surface area contributed by atoms with E-state index >= 15 is 0 Å². The van der Waals surface area contributed by atoms with Gasteiger partial charge in [-0.2, -0.15) is 0 Å². The molecule has 7 nitrogen and oxygen atoms in total. The number of β-lactam (4-membered cyclic amide) rings is 1. The highest BCUT2D eigenvalue weighted by atomic mass is 35.5. The minimum Gasteiger partial charge on any atom is -0.453 e. The molecule has 0 radical (unpaired) electrons. The Morgan fingerprint density at radius 3 is 2.41 bits per heavy atom. The van der Waals surface area contributed by atoms with Gasteiger partial charge in [0.15, 0.2) is 17.3 Å². The summed E-state index contributed by atoms with van der Waals surface area (Å²) in [7, 11) is 0.